The molecule has 0 N–H and O–H groups in total. The van der Waals surface area contributed by atoms with Gasteiger partial charge in [-0.25, -0.2) is 22.0 Å². The maximum atomic E-state index is 13.7. The first-order chi connectivity index (χ1) is 8.36. The summed E-state index contributed by atoms with van der Waals surface area (Å²) in [4.78, 5) is 0. The van der Waals surface area contributed by atoms with Crippen molar-refractivity contribution in [3.05, 3.63) is 34.6 Å². The molecule has 0 heterocycles. The van der Waals surface area contributed by atoms with Crippen molar-refractivity contribution in [2.24, 2.45) is 0 Å². The van der Waals surface area contributed by atoms with E-state index in [1.54, 1.807) is 20.7 Å². The highest BCUT2D eigenvalue weighted by atomic mass is 19.2. The van der Waals surface area contributed by atoms with Crippen molar-refractivity contribution in [1.29, 1.82) is 0 Å². The van der Waals surface area contributed by atoms with Crippen LogP contribution >= 0.6 is 0 Å². The third-order valence-electron chi connectivity index (χ3n) is 3.77. The van der Waals surface area contributed by atoms with Crippen LogP contribution < -0.4 is 0 Å². The Morgan fingerprint density at radius 1 is 0.778 bits per heavy atom. The van der Waals surface area contributed by atoms with Gasteiger partial charge in [0.1, 0.15) is 7.28 Å². The van der Waals surface area contributed by atoms with E-state index >= 15 is 0 Å². The quantitative estimate of drug-likeness (QED) is 0.335. The van der Waals surface area contributed by atoms with E-state index in [2.05, 4.69) is 0 Å². The molecular weight excluding hydrogens is 250 g/mol. The molecule has 18 heavy (non-hydrogen) atoms. The van der Waals surface area contributed by atoms with Crippen molar-refractivity contribution >= 4 is 7.28 Å². The predicted molar refractivity (Wildman–Crippen MR) is 61.5 cm³/mol. The lowest BCUT2D eigenvalue weighted by Crippen LogP contribution is -2.34. The van der Waals surface area contributed by atoms with Crippen molar-refractivity contribution in [2.45, 2.75) is 38.8 Å². The summed E-state index contributed by atoms with van der Waals surface area (Å²) >= 11 is 0. The average Bonchev–Trinajstić information content (AvgIpc) is 2.39. The van der Waals surface area contributed by atoms with Gasteiger partial charge in [-0.05, 0) is 5.31 Å². The van der Waals surface area contributed by atoms with E-state index in [-0.39, 0.29) is 0 Å². The molecule has 1 aromatic carbocycles. The second kappa shape index (κ2) is 5.28. The highest BCUT2D eigenvalue weighted by Crippen LogP contribution is 2.37. The molecule has 0 saturated heterocycles. The van der Waals surface area contributed by atoms with Crippen molar-refractivity contribution in [3.63, 3.8) is 0 Å². The monoisotopic (exact) mass is 264 g/mol. The molecular formula is C12H14BF5. The molecule has 0 bridgehead atoms. The van der Waals surface area contributed by atoms with Gasteiger partial charge in [0.15, 0.2) is 23.3 Å². The van der Waals surface area contributed by atoms with Gasteiger partial charge < -0.3 is 0 Å². The molecule has 0 fully saturated rings. The van der Waals surface area contributed by atoms with Gasteiger partial charge in [-0.2, -0.15) is 0 Å². The van der Waals surface area contributed by atoms with Crippen LogP contribution in [-0.4, -0.2) is 7.28 Å². The third-order valence-corrected chi connectivity index (χ3v) is 3.77. The van der Waals surface area contributed by atoms with Crippen LogP contribution in [-0.2, 0) is 5.31 Å². The van der Waals surface area contributed by atoms with Crippen molar-refractivity contribution in [1.82, 2.24) is 0 Å². The maximum Gasteiger partial charge on any atom is 0.200 e. The Balaban J connectivity index is 3.69. The lowest BCUT2D eigenvalue weighted by molar-refractivity contribution is 0.353. The van der Waals surface area contributed by atoms with Crippen LogP contribution in [0.25, 0.3) is 0 Å². The lowest BCUT2D eigenvalue weighted by atomic mass is 9.48. The van der Waals surface area contributed by atoms with Gasteiger partial charge in [0.05, 0.1) is 0 Å². The summed E-state index contributed by atoms with van der Waals surface area (Å²) < 4.78 is 66.8. The Morgan fingerprint density at radius 3 is 1.39 bits per heavy atom. The van der Waals surface area contributed by atoms with Crippen LogP contribution in [0, 0.1) is 29.1 Å². The Kier molecular flexibility index (Phi) is 4.40. The van der Waals surface area contributed by atoms with Crippen LogP contribution in [0.2, 0.25) is 6.82 Å². The molecule has 0 aliphatic carbocycles. The minimum Gasteiger partial charge on any atom is -0.203 e. The van der Waals surface area contributed by atoms with Gasteiger partial charge in [-0.3, -0.25) is 0 Å². The molecule has 0 aromatic heterocycles. The highest BCUT2D eigenvalue weighted by molar-refractivity contribution is 6.38. The molecule has 1 aromatic rings. The van der Waals surface area contributed by atoms with Gasteiger partial charge in [0.25, 0.3) is 0 Å². The van der Waals surface area contributed by atoms with E-state index in [1.807, 2.05) is 0 Å². The largest absolute Gasteiger partial charge is 0.203 e. The van der Waals surface area contributed by atoms with Gasteiger partial charge >= 0.3 is 0 Å². The molecule has 0 nitrogen and oxygen atoms in total. The van der Waals surface area contributed by atoms with Crippen molar-refractivity contribution in [2.75, 3.05) is 0 Å². The van der Waals surface area contributed by atoms with E-state index in [9.17, 15) is 22.0 Å². The number of hydrogen-bond donors (Lipinski definition) is 0. The predicted octanol–water partition coefficient (Wildman–Crippen LogP) is 3.88. The summed E-state index contributed by atoms with van der Waals surface area (Å²) in [6, 6.07) is 0. The van der Waals surface area contributed by atoms with E-state index in [0.29, 0.717) is 20.1 Å². The van der Waals surface area contributed by atoms with Crippen molar-refractivity contribution in [3.8, 4) is 0 Å². The highest BCUT2D eigenvalue weighted by Gasteiger charge is 2.37. The number of benzene rings is 1. The number of rotatable bonds is 4. The summed E-state index contributed by atoms with van der Waals surface area (Å²) in [5.74, 6) is -9.27. The second-order valence-corrected chi connectivity index (χ2v) is 4.29. The Hall–Kier alpha value is -1.07. The first-order valence-corrected chi connectivity index (χ1v) is 5.88. The molecule has 0 amide bonds. The van der Waals surface area contributed by atoms with Crippen LogP contribution in [0.15, 0.2) is 0 Å². The average molecular weight is 264 g/mol. The van der Waals surface area contributed by atoms with E-state index in [4.69, 9.17) is 0 Å². The van der Waals surface area contributed by atoms with E-state index < -0.39 is 40.0 Å². The number of hydrogen-bond acceptors (Lipinski definition) is 0. The lowest BCUT2D eigenvalue weighted by Gasteiger charge is -2.31. The molecule has 100 valence electrons. The van der Waals surface area contributed by atoms with Gasteiger partial charge in [-0.15, -0.1) is 0 Å². The molecule has 0 spiro atoms. The fraction of sp³-hybridized carbons (Fsp3) is 0.500. The Morgan fingerprint density at radius 2 is 1.11 bits per heavy atom. The van der Waals surface area contributed by atoms with Crippen molar-refractivity contribution < 1.29 is 22.0 Å². The van der Waals surface area contributed by atoms with Crippen LogP contribution in [0.1, 0.15) is 32.3 Å². The zero-order valence-corrected chi connectivity index (χ0v) is 10.5. The number of halogens is 5. The van der Waals surface area contributed by atoms with Gasteiger partial charge in [0.2, 0.25) is 5.82 Å². The SMILES string of the molecule is CBC(CC)(CC)c1c(F)c(F)c(F)c(F)c1F. The zero-order chi connectivity index (χ0) is 14.1. The topological polar surface area (TPSA) is 0 Å². The van der Waals surface area contributed by atoms with E-state index in [0.717, 1.165) is 0 Å². The first-order valence-electron chi connectivity index (χ1n) is 5.88. The molecule has 0 aliphatic rings. The zero-order valence-electron chi connectivity index (χ0n) is 10.5. The van der Waals surface area contributed by atoms with Crippen LogP contribution in [0.4, 0.5) is 22.0 Å². The minimum absolute atomic E-state index is 0.304. The van der Waals surface area contributed by atoms with Crippen LogP contribution in [0.5, 0.6) is 0 Å². The maximum absolute atomic E-state index is 13.7. The molecule has 0 unspecified atom stereocenters. The summed E-state index contributed by atoms with van der Waals surface area (Å²) in [5.41, 5.74) is -0.689. The fourth-order valence-corrected chi connectivity index (χ4v) is 2.35. The van der Waals surface area contributed by atoms with Gasteiger partial charge in [-0.1, -0.05) is 33.5 Å². The molecule has 0 radical (unpaired) electrons. The normalized spacial score (nSPS) is 11.8. The van der Waals surface area contributed by atoms with Gasteiger partial charge in [0, 0.05) is 5.56 Å². The standard InChI is InChI=1S/C12H14BF5/c1-4-12(5-2,13-3)6-7(14)9(16)11(18)10(17)8(6)15/h13H,4-5H2,1-3H3. The minimum atomic E-state index is -2.11. The first kappa shape index (κ1) is 15.0. The smallest absolute Gasteiger partial charge is 0.200 e. The molecule has 0 saturated carbocycles. The molecule has 0 atom stereocenters. The summed E-state index contributed by atoms with van der Waals surface area (Å²) in [6.07, 6.45) is 0.608. The second-order valence-electron chi connectivity index (χ2n) is 4.29. The molecule has 0 aliphatic heterocycles. The summed E-state index contributed by atoms with van der Waals surface area (Å²) in [5, 5.41) is -1.02. The summed E-state index contributed by atoms with van der Waals surface area (Å²) in [6.45, 7) is 5.02. The van der Waals surface area contributed by atoms with Crippen LogP contribution in [0.3, 0.4) is 0 Å². The Bertz CT molecular complexity index is 417. The summed E-state index contributed by atoms with van der Waals surface area (Å²) in [7, 11) is 0.304. The fourth-order valence-electron chi connectivity index (χ4n) is 2.35. The third kappa shape index (κ3) is 2.02. The Labute approximate surface area is 103 Å². The molecule has 1 rings (SSSR count). The molecule has 6 heteroatoms. The van der Waals surface area contributed by atoms with E-state index in [1.165, 1.54) is 0 Å².